The molecule has 0 heterocycles. The van der Waals surface area contributed by atoms with Crippen LogP contribution in [0.5, 0.6) is 5.75 Å². The predicted molar refractivity (Wildman–Crippen MR) is 97.0 cm³/mol. The van der Waals surface area contributed by atoms with Crippen molar-refractivity contribution in [3.8, 4) is 5.75 Å². The van der Waals surface area contributed by atoms with Crippen molar-refractivity contribution < 1.29 is 26.7 Å². The number of carbonyl (C=O) groups excluding carboxylic acids is 1. The highest BCUT2D eigenvalue weighted by atomic mass is 32.2. The van der Waals surface area contributed by atoms with Crippen LogP contribution in [-0.2, 0) is 14.8 Å². The van der Waals surface area contributed by atoms with Gasteiger partial charge in [0.25, 0.3) is 5.91 Å². The molecular formula is C18H20F2N2O4S. The van der Waals surface area contributed by atoms with E-state index in [0.29, 0.717) is 19.2 Å². The van der Waals surface area contributed by atoms with Crippen LogP contribution in [0.1, 0.15) is 13.8 Å². The number of sulfonamides is 1. The molecule has 1 amide bonds. The van der Waals surface area contributed by atoms with Crippen molar-refractivity contribution in [2.24, 2.45) is 0 Å². The highest BCUT2D eigenvalue weighted by Crippen LogP contribution is 2.20. The average molecular weight is 398 g/mol. The van der Waals surface area contributed by atoms with Crippen LogP contribution >= 0.6 is 0 Å². The fourth-order valence-corrected chi connectivity index (χ4v) is 3.80. The van der Waals surface area contributed by atoms with Crippen LogP contribution in [0, 0.1) is 11.6 Å². The minimum Gasteiger partial charge on any atom is -0.484 e. The van der Waals surface area contributed by atoms with E-state index >= 15 is 0 Å². The van der Waals surface area contributed by atoms with E-state index in [1.165, 1.54) is 28.6 Å². The summed E-state index contributed by atoms with van der Waals surface area (Å²) in [4.78, 5) is 11.9. The zero-order chi connectivity index (χ0) is 20.0. The summed E-state index contributed by atoms with van der Waals surface area (Å²) in [5.41, 5.74) is -0.161. The summed E-state index contributed by atoms with van der Waals surface area (Å²) < 4.78 is 57.7. The van der Waals surface area contributed by atoms with E-state index in [2.05, 4.69) is 5.32 Å². The van der Waals surface area contributed by atoms with Crippen molar-refractivity contribution in [3.05, 3.63) is 54.1 Å². The molecule has 0 bridgehead atoms. The van der Waals surface area contributed by atoms with Gasteiger partial charge in [-0.05, 0) is 36.4 Å². The summed E-state index contributed by atoms with van der Waals surface area (Å²) in [7, 11) is -3.57. The first-order valence-electron chi connectivity index (χ1n) is 8.25. The molecule has 2 aromatic rings. The topological polar surface area (TPSA) is 75.7 Å². The van der Waals surface area contributed by atoms with Gasteiger partial charge in [-0.1, -0.05) is 13.8 Å². The lowest BCUT2D eigenvalue weighted by atomic mass is 10.3. The van der Waals surface area contributed by atoms with Crippen LogP contribution < -0.4 is 10.1 Å². The second-order valence-electron chi connectivity index (χ2n) is 5.52. The molecule has 0 fully saturated rings. The van der Waals surface area contributed by atoms with Gasteiger partial charge < -0.3 is 10.1 Å². The van der Waals surface area contributed by atoms with E-state index in [4.69, 9.17) is 4.74 Å². The van der Waals surface area contributed by atoms with Gasteiger partial charge in [0.2, 0.25) is 10.0 Å². The Labute approximate surface area is 156 Å². The Morgan fingerprint density at radius 2 is 1.70 bits per heavy atom. The number of hydrogen-bond donors (Lipinski definition) is 1. The molecule has 1 N–H and O–H groups in total. The number of ether oxygens (including phenoxy) is 1. The second-order valence-corrected chi connectivity index (χ2v) is 7.46. The Balaban J connectivity index is 1.97. The number of amides is 1. The summed E-state index contributed by atoms with van der Waals surface area (Å²) in [5.74, 6) is -2.00. The summed E-state index contributed by atoms with van der Waals surface area (Å²) in [6, 6.07) is 8.43. The molecular weight excluding hydrogens is 378 g/mol. The van der Waals surface area contributed by atoms with Crippen LogP contribution in [0.4, 0.5) is 14.5 Å². The standard InChI is InChI=1S/C18H20F2N2O4S/c1-3-22(4-2)27(24,25)15-8-6-14(7-9-15)26-12-18(23)21-17-10-5-13(19)11-16(17)20/h5-11H,3-4,12H2,1-2H3,(H,21,23). The van der Waals surface area contributed by atoms with Crippen molar-refractivity contribution in [2.45, 2.75) is 18.7 Å². The molecule has 0 aromatic heterocycles. The first kappa shape index (κ1) is 20.8. The summed E-state index contributed by atoms with van der Waals surface area (Å²) in [6.07, 6.45) is 0. The highest BCUT2D eigenvalue weighted by molar-refractivity contribution is 7.89. The number of halogens is 2. The number of anilines is 1. The molecule has 27 heavy (non-hydrogen) atoms. The molecule has 0 aliphatic heterocycles. The maximum absolute atomic E-state index is 13.5. The van der Waals surface area contributed by atoms with Gasteiger partial charge >= 0.3 is 0 Å². The number of nitrogens with zero attached hydrogens (tertiary/aromatic N) is 1. The van der Waals surface area contributed by atoms with E-state index in [1.54, 1.807) is 13.8 Å². The van der Waals surface area contributed by atoms with Crippen LogP contribution in [0.15, 0.2) is 47.4 Å². The Morgan fingerprint density at radius 3 is 2.26 bits per heavy atom. The quantitative estimate of drug-likeness (QED) is 0.742. The average Bonchev–Trinajstić information content (AvgIpc) is 2.63. The fourth-order valence-electron chi connectivity index (χ4n) is 2.35. The first-order valence-corrected chi connectivity index (χ1v) is 9.69. The van der Waals surface area contributed by atoms with Gasteiger partial charge in [-0.25, -0.2) is 17.2 Å². The van der Waals surface area contributed by atoms with Gasteiger partial charge in [0.15, 0.2) is 6.61 Å². The highest BCUT2D eigenvalue weighted by Gasteiger charge is 2.21. The number of nitrogens with one attached hydrogen (secondary N) is 1. The van der Waals surface area contributed by atoms with Crippen molar-refractivity contribution in [2.75, 3.05) is 25.0 Å². The van der Waals surface area contributed by atoms with Crippen molar-refractivity contribution in [1.29, 1.82) is 0 Å². The van der Waals surface area contributed by atoms with Crippen molar-refractivity contribution in [3.63, 3.8) is 0 Å². The molecule has 0 unspecified atom stereocenters. The molecule has 146 valence electrons. The zero-order valence-electron chi connectivity index (χ0n) is 14.9. The molecule has 0 aliphatic carbocycles. The van der Waals surface area contributed by atoms with Gasteiger partial charge in [-0.2, -0.15) is 4.31 Å². The smallest absolute Gasteiger partial charge is 0.262 e. The third kappa shape index (κ3) is 5.24. The molecule has 9 heteroatoms. The van der Waals surface area contributed by atoms with E-state index < -0.39 is 34.2 Å². The maximum Gasteiger partial charge on any atom is 0.262 e. The number of rotatable bonds is 8. The molecule has 0 spiro atoms. The van der Waals surface area contributed by atoms with Crippen LogP contribution in [0.25, 0.3) is 0 Å². The van der Waals surface area contributed by atoms with Gasteiger partial charge in [0.05, 0.1) is 10.6 Å². The third-order valence-electron chi connectivity index (χ3n) is 3.74. The van der Waals surface area contributed by atoms with Crippen LogP contribution in [0.3, 0.4) is 0 Å². The zero-order valence-corrected chi connectivity index (χ0v) is 15.7. The molecule has 0 aliphatic rings. The van der Waals surface area contributed by atoms with Gasteiger partial charge in [0.1, 0.15) is 17.4 Å². The van der Waals surface area contributed by atoms with Gasteiger partial charge in [-0.15, -0.1) is 0 Å². The molecule has 2 rings (SSSR count). The summed E-state index contributed by atoms with van der Waals surface area (Å²) in [6.45, 7) is 3.80. The van der Waals surface area contributed by atoms with Gasteiger partial charge in [-0.3, -0.25) is 4.79 Å². The second kappa shape index (κ2) is 8.92. The molecule has 0 saturated heterocycles. The Bertz CT molecular complexity index is 898. The van der Waals surface area contributed by atoms with Crippen molar-refractivity contribution >= 4 is 21.6 Å². The monoisotopic (exact) mass is 398 g/mol. The number of hydrogen-bond acceptors (Lipinski definition) is 4. The summed E-state index contributed by atoms with van der Waals surface area (Å²) in [5, 5.41) is 2.27. The minimum absolute atomic E-state index is 0.122. The largest absolute Gasteiger partial charge is 0.484 e. The normalized spacial score (nSPS) is 11.4. The lowest BCUT2D eigenvalue weighted by Gasteiger charge is -2.18. The van der Waals surface area contributed by atoms with Crippen LogP contribution in [0.2, 0.25) is 0 Å². The van der Waals surface area contributed by atoms with E-state index in [9.17, 15) is 22.0 Å². The van der Waals surface area contributed by atoms with Crippen LogP contribution in [-0.4, -0.2) is 38.3 Å². The van der Waals surface area contributed by atoms with E-state index in [-0.39, 0.29) is 16.3 Å². The molecule has 0 saturated carbocycles. The Hall–Kier alpha value is -2.52. The molecule has 0 radical (unpaired) electrons. The van der Waals surface area contributed by atoms with Crippen molar-refractivity contribution in [1.82, 2.24) is 4.31 Å². The lowest BCUT2D eigenvalue weighted by Crippen LogP contribution is -2.30. The minimum atomic E-state index is -3.57. The lowest BCUT2D eigenvalue weighted by molar-refractivity contribution is -0.118. The van der Waals surface area contributed by atoms with E-state index in [0.717, 1.165) is 12.1 Å². The SMILES string of the molecule is CCN(CC)S(=O)(=O)c1ccc(OCC(=O)Nc2ccc(F)cc2F)cc1. The summed E-state index contributed by atoms with van der Waals surface area (Å²) >= 11 is 0. The number of benzene rings is 2. The Kier molecular flexibility index (Phi) is 6.86. The fraction of sp³-hybridized carbons (Fsp3) is 0.278. The van der Waals surface area contributed by atoms with E-state index in [1.807, 2.05) is 0 Å². The van der Waals surface area contributed by atoms with Gasteiger partial charge in [0, 0.05) is 19.2 Å². The molecule has 0 atom stereocenters. The number of carbonyl (C=O) groups is 1. The maximum atomic E-state index is 13.5. The molecule has 2 aromatic carbocycles. The first-order chi connectivity index (χ1) is 12.8. The third-order valence-corrected chi connectivity index (χ3v) is 5.81. The predicted octanol–water partition coefficient (Wildman–Crippen LogP) is 3.01. The molecule has 6 nitrogen and oxygen atoms in total. The Morgan fingerprint density at radius 1 is 1.07 bits per heavy atom.